The van der Waals surface area contributed by atoms with E-state index >= 15 is 0 Å². The lowest BCUT2D eigenvalue weighted by Crippen LogP contribution is -2.22. The van der Waals surface area contributed by atoms with Gasteiger partial charge in [0, 0.05) is 5.56 Å². The van der Waals surface area contributed by atoms with Crippen molar-refractivity contribution in [1.82, 2.24) is 9.55 Å². The highest BCUT2D eigenvalue weighted by Gasteiger charge is 2.25. The molecule has 3 rings (SSSR count). The third-order valence-electron chi connectivity index (χ3n) is 3.49. The fraction of sp³-hybridized carbons (Fsp3) is 0.235. The summed E-state index contributed by atoms with van der Waals surface area (Å²) >= 11 is 0. The van der Waals surface area contributed by atoms with E-state index in [1.807, 2.05) is 28.8 Å². The van der Waals surface area contributed by atoms with E-state index in [0.717, 1.165) is 11.0 Å². The molecule has 0 unspecified atom stereocenters. The molecule has 0 atom stereocenters. The van der Waals surface area contributed by atoms with Crippen molar-refractivity contribution in [3.8, 4) is 0 Å². The van der Waals surface area contributed by atoms with Gasteiger partial charge in [-0.25, -0.2) is 9.37 Å². The van der Waals surface area contributed by atoms with Crippen LogP contribution in [0.1, 0.15) is 25.2 Å². The minimum atomic E-state index is -1.09. The second-order valence-electron chi connectivity index (χ2n) is 5.66. The fourth-order valence-electron chi connectivity index (χ4n) is 2.50. The molecule has 1 heterocycles. The lowest BCUT2D eigenvalue weighted by atomic mass is 10.1. The summed E-state index contributed by atoms with van der Waals surface area (Å²) in [5.41, 5.74) is 1.17. The van der Waals surface area contributed by atoms with Crippen molar-refractivity contribution in [2.24, 2.45) is 0 Å². The van der Waals surface area contributed by atoms with Gasteiger partial charge in [0.15, 0.2) is 0 Å². The van der Waals surface area contributed by atoms with Crippen LogP contribution in [0.4, 0.5) is 4.39 Å². The Hall–Kier alpha value is -2.20. The lowest BCUT2D eigenvalue weighted by Gasteiger charge is -2.19. The van der Waals surface area contributed by atoms with Crippen LogP contribution in [0.3, 0.4) is 0 Å². The lowest BCUT2D eigenvalue weighted by molar-refractivity contribution is 0.0656. The van der Waals surface area contributed by atoms with E-state index in [4.69, 9.17) is 0 Å². The van der Waals surface area contributed by atoms with Crippen LogP contribution >= 0.6 is 0 Å². The van der Waals surface area contributed by atoms with Gasteiger partial charge in [-0.2, -0.15) is 0 Å². The van der Waals surface area contributed by atoms with Crippen molar-refractivity contribution >= 4 is 11.0 Å². The standard InChI is InChI=1S/C17H17FN2O/c1-17(2,21)16-19-14-9-5-6-10-15(14)20(16)11-12-7-3-4-8-13(12)18/h3-10,21H,11H2,1-2H3. The van der Waals surface area contributed by atoms with Crippen LogP contribution in [0.2, 0.25) is 0 Å². The number of hydrogen-bond donors (Lipinski definition) is 1. The molecule has 0 aliphatic rings. The van der Waals surface area contributed by atoms with E-state index < -0.39 is 5.60 Å². The van der Waals surface area contributed by atoms with Crippen molar-refractivity contribution in [2.75, 3.05) is 0 Å². The molecular weight excluding hydrogens is 267 g/mol. The van der Waals surface area contributed by atoms with Crippen molar-refractivity contribution in [3.05, 3.63) is 65.7 Å². The Morgan fingerprint density at radius 3 is 2.48 bits per heavy atom. The molecule has 0 spiro atoms. The van der Waals surface area contributed by atoms with Gasteiger partial charge < -0.3 is 9.67 Å². The van der Waals surface area contributed by atoms with Gasteiger partial charge in [-0.3, -0.25) is 0 Å². The first-order valence-electron chi connectivity index (χ1n) is 6.88. The Morgan fingerprint density at radius 2 is 1.76 bits per heavy atom. The number of rotatable bonds is 3. The quantitative estimate of drug-likeness (QED) is 0.800. The Kier molecular flexibility index (Phi) is 3.26. The van der Waals surface area contributed by atoms with Gasteiger partial charge in [-0.05, 0) is 32.0 Å². The molecule has 1 N–H and O–H groups in total. The SMILES string of the molecule is CC(C)(O)c1nc2ccccc2n1Cc1ccccc1F. The summed E-state index contributed by atoms with van der Waals surface area (Å²) in [5, 5.41) is 10.3. The Morgan fingerprint density at radius 1 is 1.10 bits per heavy atom. The molecule has 1 aromatic heterocycles. The van der Waals surface area contributed by atoms with Gasteiger partial charge in [-0.15, -0.1) is 0 Å². The summed E-state index contributed by atoms with van der Waals surface area (Å²) < 4.78 is 15.8. The zero-order valence-corrected chi connectivity index (χ0v) is 12.0. The summed E-state index contributed by atoms with van der Waals surface area (Å²) in [6.45, 7) is 3.71. The van der Waals surface area contributed by atoms with Gasteiger partial charge in [0.25, 0.3) is 0 Å². The molecule has 0 fully saturated rings. The van der Waals surface area contributed by atoms with Gasteiger partial charge in [0.2, 0.25) is 0 Å². The molecule has 0 bridgehead atoms. The Bertz CT molecular complexity index is 787. The van der Waals surface area contributed by atoms with Crippen LogP contribution in [0.15, 0.2) is 48.5 Å². The van der Waals surface area contributed by atoms with Crippen LogP contribution < -0.4 is 0 Å². The zero-order valence-electron chi connectivity index (χ0n) is 12.0. The molecule has 21 heavy (non-hydrogen) atoms. The maximum Gasteiger partial charge on any atom is 0.141 e. The fourth-order valence-corrected chi connectivity index (χ4v) is 2.50. The van der Waals surface area contributed by atoms with E-state index in [9.17, 15) is 9.50 Å². The summed E-state index contributed by atoms with van der Waals surface area (Å²) in [7, 11) is 0. The number of aliphatic hydroxyl groups is 1. The van der Waals surface area contributed by atoms with Crippen LogP contribution in [0.5, 0.6) is 0 Å². The molecule has 3 nitrogen and oxygen atoms in total. The number of benzene rings is 2. The highest BCUT2D eigenvalue weighted by molar-refractivity contribution is 5.76. The highest BCUT2D eigenvalue weighted by Crippen LogP contribution is 2.26. The van der Waals surface area contributed by atoms with Gasteiger partial charge in [0.1, 0.15) is 17.2 Å². The van der Waals surface area contributed by atoms with E-state index in [1.54, 1.807) is 32.0 Å². The van der Waals surface area contributed by atoms with Crippen LogP contribution in [-0.2, 0) is 12.1 Å². The molecule has 0 saturated carbocycles. The topological polar surface area (TPSA) is 38.1 Å². The van der Waals surface area contributed by atoms with Gasteiger partial charge in [0.05, 0.1) is 17.6 Å². The second-order valence-corrected chi connectivity index (χ2v) is 5.66. The van der Waals surface area contributed by atoms with E-state index in [0.29, 0.717) is 17.9 Å². The predicted molar refractivity (Wildman–Crippen MR) is 80.5 cm³/mol. The maximum absolute atomic E-state index is 13.9. The molecule has 0 saturated heterocycles. The average molecular weight is 284 g/mol. The van der Waals surface area contributed by atoms with Gasteiger partial charge in [-0.1, -0.05) is 30.3 Å². The Balaban J connectivity index is 2.18. The first-order chi connectivity index (χ1) is 9.97. The summed E-state index contributed by atoms with van der Waals surface area (Å²) in [6, 6.07) is 14.3. The molecule has 2 aromatic carbocycles. The number of para-hydroxylation sites is 2. The highest BCUT2D eigenvalue weighted by atomic mass is 19.1. The smallest absolute Gasteiger partial charge is 0.141 e. The normalized spacial score (nSPS) is 12.0. The molecule has 3 aromatic rings. The Labute approximate surface area is 122 Å². The van der Waals surface area contributed by atoms with E-state index in [2.05, 4.69) is 4.98 Å². The molecular formula is C17H17FN2O. The van der Waals surface area contributed by atoms with Gasteiger partial charge >= 0.3 is 0 Å². The number of imidazole rings is 1. The number of aromatic nitrogens is 2. The monoisotopic (exact) mass is 284 g/mol. The van der Waals surface area contributed by atoms with E-state index in [-0.39, 0.29) is 5.82 Å². The van der Waals surface area contributed by atoms with Crippen LogP contribution in [-0.4, -0.2) is 14.7 Å². The molecule has 4 heteroatoms. The minimum Gasteiger partial charge on any atom is -0.383 e. The van der Waals surface area contributed by atoms with Crippen molar-refractivity contribution in [3.63, 3.8) is 0 Å². The number of nitrogens with zero attached hydrogens (tertiary/aromatic N) is 2. The van der Waals surface area contributed by atoms with Crippen molar-refractivity contribution < 1.29 is 9.50 Å². The molecule has 0 aliphatic carbocycles. The number of hydrogen-bond acceptors (Lipinski definition) is 2. The summed E-state index contributed by atoms with van der Waals surface area (Å²) in [6.07, 6.45) is 0. The number of halogens is 1. The van der Waals surface area contributed by atoms with Crippen molar-refractivity contribution in [2.45, 2.75) is 26.0 Å². The first-order valence-corrected chi connectivity index (χ1v) is 6.88. The third kappa shape index (κ3) is 2.54. The van der Waals surface area contributed by atoms with Crippen LogP contribution in [0, 0.1) is 5.82 Å². The molecule has 108 valence electrons. The third-order valence-corrected chi connectivity index (χ3v) is 3.49. The molecule has 0 radical (unpaired) electrons. The molecule has 0 aliphatic heterocycles. The second kappa shape index (κ2) is 4.97. The average Bonchev–Trinajstić information content (AvgIpc) is 2.80. The van der Waals surface area contributed by atoms with E-state index in [1.165, 1.54) is 6.07 Å². The summed E-state index contributed by atoms with van der Waals surface area (Å²) in [4.78, 5) is 4.50. The zero-order chi connectivity index (χ0) is 15.0. The predicted octanol–water partition coefficient (Wildman–Crippen LogP) is 3.45. The van der Waals surface area contributed by atoms with Crippen LogP contribution in [0.25, 0.3) is 11.0 Å². The summed E-state index contributed by atoms with van der Waals surface area (Å²) in [5.74, 6) is 0.281. The largest absolute Gasteiger partial charge is 0.383 e. The maximum atomic E-state index is 13.9. The first kappa shape index (κ1) is 13.8. The minimum absolute atomic E-state index is 0.253. The molecule has 0 amide bonds. The van der Waals surface area contributed by atoms with Crippen molar-refractivity contribution in [1.29, 1.82) is 0 Å². The number of fused-ring (bicyclic) bond motifs is 1.